The van der Waals surface area contributed by atoms with Gasteiger partial charge in [0.2, 0.25) is 0 Å². The Labute approximate surface area is 265 Å². The fourth-order valence-corrected chi connectivity index (χ4v) is 5.31. The highest BCUT2D eigenvalue weighted by Crippen LogP contribution is 2.33. The van der Waals surface area contributed by atoms with Crippen molar-refractivity contribution < 1.29 is 48.0 Å². The van der Waals surface area contributed by atoms with Crippen LogP contribution in [0.5, 0.6) is 0 Å². The molecule has 2 atom stereocenters. The summed E-state index contributed by atoms with van der Waals surface area (Å²) in [5.41, 5.74) is -2.05. The van der Waals surface area contributed by atoms with Crippen LogP contribution in [-0.4, -0.2) is 60.4 Å². The summed E-state index contributed by atoms with van der Waals surface area (Å²) in [5, 5.41) is 8.76. The van der Waals surface area contributed by atoms with Crippen molar-refractivity contribution in [2.75, 3.05) is 19.8 Å². The van der Waals surface area contributed by atoms with E-state index in [4.69, 9.17) is 24.1 Å². The first-order valence-electron chi connectivity index (χ1n) is 17.1. The molecule has 0 aromatic carbocycles. The van der Waals surface area contributed by atoms with Gasteiger partial charge in [0, 0.05) is 6.61 Å². The highest BCUT2D eigenvalue weighted by atomic mass is 16.6. The zero-order valence-electron chi connectivity index (χ0n) is 28.0. The van der Waals surface area contributed by atoms with Gasteiger partial charge in [-0.2, -0.15) is 0 Å². The van der Waals surface area contributed by atoms with Crippen LogP contribution in [0.4, 0.5) is 0 Å². The minimum absolute atomic E-state index is 0.0235. The van der Waals surface area contributed by atoms with Gasteiger partial charge in [0.15, 0.2) is 5.60 Å². The molecule has 0 aliphatic rings. The van der Waals surface area contributed by atoms with Crippen LogP contribution in [0.25, 0.3) is 0 Å². The summed E-state index contributed by atoms with van der Waals surface area (Å²) in [6.45, 7) is 7.27. The second-order valence-electron chi connectivity index (χ2n) is 11.4. The van der Waals surface area contributed by atoms with Gasteiger partial charge in [-0.25, -0.2) is 4.79 Å². The number of hydrogen-bond donors (Lipinski definition) is 1. The molecule has 0 spiro atoms. The number of carboxylic acids is 1. The average Bonchev–Trinajstić information content (AvgIpc) is 2.98. The van der Waals surface area contributed by atoms with Crippen molar-refractivity contribution in [3.05, 3.63) is 0 Å². The second kappa shape index (κ2) is 26.9. The van der Waals surface area contributed by atoms with E-state index >= 15 is 0 Å². The van der Waals surface area contributed by atoms with Crippen LogP contribution in [0, 0.1) is 5.92 Å². The third-order valence-corrected chi connectivity index (χ3v) is 7.70. The number of carbonyl (C=O) groups excluding carboxylic acids is 4. The van der Waals surface area contributed by atoms with Gasteiger partial charge in [-0.05, 0) is 26.7 Å². The van der Waals surface area contributed by atoms with E-state index in [0.717, 1.165) is 19.3 Å². The topological polar surface area (TPSA) is 142 Å². The van der Waals surface area contributed by atoms with E-state index in [0.29, 0.717) is 6.42 Å². The Bertz CT molecular complexity index is 812. The maximum atomic E-state index is 13.4. The van der Waals surface area contributed by atoms with Crippen molar-refractivity contribution >= 4 is 29.8 Å². The largest absolute Gasteiger partial charge is 0.481 e. The molecule has 2 unspecified atom stereocenters. The molecule has 0 aromatic rings. The maximum Gasteiger partial charge on any atom is 0.339 e. The van der Waals surface area contributed by atoms with E-state index in [1.165, 1.54) is 77.0 Å². The molecule has 44 heavy (non-hydrogen) atoms. The molecule has 0 aliphatic heterocycles. The summed E-state index contributed by atoms with van der Waals surface area (Å²) >= 11 is 0. The predicted octanol–water partition coefficient (Wildman–Crippen LogP) is 7.48. The molecule has 0 fully saturated rings. The lowest BCUT2D eigenvalue weighted by atomic mass is 9.82. The Morgan fingerprint density at radius 2 is 1.11 bits per heavy atom. The summed E-state index contributed by atoms with van der Waals surface area (Å²) in [6.07, 6.45) is 17.8. The molecular weight excluding hydrogens is 568 g/mol. The molecule has 0 amide bonds. The quantitative estimate of drug-likeness (QED) is 0.0383. The summed E-state index contributed by atoms with van der Waals surface area (Å²) in [5.74, 6) is -6.18. The molecule has 0 aromatic heterocycles. The summed E-state index contributed by atoms with van der Waals surface area (Å²) in [6, 6.07) is 0. The number of esters is 4. The molecule has 0 bridgehead atoms. The van der Waals surface area contributed by atoms with Gasteiger partial charge in [0.1, 0.15) is 0 Å². The van der Waals surface area contributed by atoms with Gasteiger partial charge >= 0.3 is 29.8 Å². The number of hydrogen-bond acceptors (Lipinski definition) is 9. The van der Waals surface area contributed by atoms with E-state index in [1.54, 1.807) is 20.8 Å². The average molecular weight is 629 g/mol. The van der Waals surface area contributed by atoms with Crippen LogP contribution in [0.15, 0.2) is 0 Å². The molecule has 0 aliphatic carbocycles. The first-order valence-corrected chi connectivity index (χ1v) is 17.1. The first kappa shape index (κ1) is 41.5. The highest BCUT2D eigenvalue weighted by molar-refractivity contribution is 5.94. The van der Waals surface area contributed by atoms with Crippen molar-refractivity contribution in [3.8, 4) is 0 Å². The van der Waals surface area contributed by atoms with Crippen LogP contribution in [0.1, 0.15) is 156 Å². The number of unbranched alkanes of at least 4 members (excludes halogenated alkanes) is 15. The smallest absolute Gasteiger partial charge is 0.339 e. The third-order valence-electron chi connectivity index (χ3n) is 7.70. The van der Waals surface area contributed by atoms with Crippen LogP contribution in [0.3, 0.4) is 0 Å². The van der Waals surface area contributed by atoms with Crippen LogP contribution >= 0.6 is 0 Å². The first-order chi connectivity index (χ1) is 21.2. The molecule has 0 saturated heterocycles. The van der Waals surface area contributed by atoms with Crippen LogP contribution in [0.2, 0.25) is 0 Å². The monoisotopic (exact) mass is 628 g/mol. The molecule has 10 nitrogen and oxygen atoms in total. The minimum Gasteiger partial charge on any atom is -0.481 e. The second-order valence-corrected chi connectivity index (χ2v) is 11.4. The Hall–Kier alpha value is -2.49. The van der Waals surface area contributed by atoms with Gasteiger partial charge in [-0.3, -0.25) is 19.2 Å². The van der Waals surface area contributed by atoms with Crippen molar-refractivity contribution in [3.63, 3.8) is 0 Å². The van der Waals surface area contributed by atoms with Gasteiger partial charge in [0.25, 0.3) is 0 Å². The summed E-state index contributed by atoms with van der Waals surface area (Å²) in [4.78, 5) is 61.6. The van der Waals surface area contributed by atoms with Gasteiger partial charge in [-0.15, -0.1) is 0 Å². The number of carboxylic acid groups (broad SMARTS) is 1. The van der Waals surface area contributed by atoms with Gasteiger partial charge < -0.3 is 24.1 Å². The molecular formula is C34H60O10. The Balaban J connectivity index is 4.73. The van der Waals surface area contributed by atoms with Crippen LogP contribution < -0.4 is 0 Å². The zero-order valence-corrected chi connectivity index (χ0v) is 28.0. The molecule has 256 valence electrons. The van der Waals surface area contributed by atoms with E-state index in [-0.39, 0.29) is 26.2 Å². The summed E-state index contributed by atoms with van der Waals surface area (Å²) in [7, 11) is 0. The highest BCUT2D eigenvalue weighted by Gasteiger charge is 2.53. The van der Waals surface area contributed by atoms with E-state index in [9.17, 15) is 24.0 Å². The molecule has 10 heteroatoms. The Kier molecular flexibility index (Phi) is 25.4. The molecule has 0 radical (unpaired) electrons. The van der Waals surface area contributed by atoms with Crippen molar-refractivity contribution in [1.82, 2.24) is 0 Å². The minimum atomic E-state index is -2.05. The Morgan fingerprint density at radius 3 is 1.55 bits per heavy atom. The SMILES string of the molecule is CCCCCCCCCCCCCCCCCCOC(=O)C(CC(=O)OC(=O)CCC(=O)O)(OCC)C(CC)C(=O)OCC. The fraction of sp³-hybridized carbons (Fsp3) is 0.853. The third kappa shape index (κ3) is 19.0. The lowest BCUT2D eigenvalue weighted by molar-refractivity contribution is -0.195. The maximum absolute atomic E-state index is 13.4. The lowest BCUT2D eigenvalue weighted by Gasteiger charge is -2.35. The van der Waals surface area contributed by atoms with Crippen molar-refractivity contribution in [2.24, 2.45) is 5.92 Å². The van der Waals surface area contributed by atoms with E-state index in [2.05, 4.69) is 6.92 Å². The normalized spacial score (nSPS) is 13.1. The van der Waals surface area contributed by atoms with Crippen molar-refractivity contribution in [1.29, 1.82) is 0 Å². The zero-order chi connectivity index (χ0) is 33.1. The van der Waals surface area contributed by atoms with Crippen LogP contribution in [-0.2, 0) is 42.9 Å². The number of rotatable bonds is 29. The van der Waals surface area contributed by atoms with E-state index < -0.39 is 60.6 Å². The van der Waals surface area contributed by atoms with Crippen molar-refractivity contribution in [2.45, 2.75) is 162 Å². The standard InChI is InChI=1S/C34H60O10/c1-5-9-10-11-12-13-14-15-16-17-18-19-20-21-22-23-26-42-33(40)34(43-8-4,28(6-2)32(39)41-7-3)27-31(38)44-30(37)25-24-29(35)36/h28H,5-27H2,1-4H3,(H,35,36). The van der Waals surface area contributed by atoms with Gasteiger partial charge in [-0.1, -0.05) is 110 Å². The van der Waals surface area contributed by atoms with Gasteiger partial charge in [0.05, 0.1) is 38.4 Å². The molecule has 0 rings (SSSR count). The molecule has 1 N–H and O–H groups in total. The van der Waals surface area contributed by atoms with E-state index in [1.807, 2.05) is 0 Å². The fourth-order valence-electron chi connectivity index (χ4n) is 5.31. The lowest BCUT2D eigenvalue weighted by Crippen LogP contribution is -2.54. The molecule has 0 saturated carbocycles. The Morgan fingerprint density at radius 1 is 0.614 bits per heavy atom. The number of carbonyl (C=O) groups is 5. The summed E-state index contributed by atoms with van der Waals surface area (Å²) < 4.78 is 21.2. The number of ether oxygens (including phenoxy) is 4. The molecule has 0 heterocycles. The predicted molar refractivity (Wildman–Crippen MR) is 168 cm³/mol. The number of aliphatic carboxylic acids is 1.